The molecule has 0 aliphatic carbocycles. The molecule has 0 aromatic heterocycles. The molecule has 0 aliphatic rings. The summed E-state index contributed by atoms with van der Waals surface area (Å²) in [6, 6.07) is 6.13. The van der Waals surface area contributed by atoms with E-state index in [0.29, 0.717) is 5.75 Å². The molecule has 1 heteroatoms. The zero-order valence-electron chi connectivity index (χ0n) is 11.3. The third kappa shape index (κ3) is 4.80. The fourth-order valence-corrected chi connectivity index (χ4v) is 2.23. The second-order valence-corrected chi connectivity index (χ2v) is 4.80. The topological polar surface area (TPSA) is 20.2 Å². The molecule has 0 atom stereocenters. The zero-order chi connectivity index (χ0) is 12.5. The maximum atomic E-state index is 10.0. The van der Waals surface area contributed by atoms with Gasteiger partial charge in [-0.25, -0.2) is 0 Å². The van der Waals surface area contributed by atoms with Crippen LogP contribution in [0.4, 0.5) is 0 Å². The average molecular weight is 234 g/mol. The van der Waals surface area contributed by atoms with Gasteiger partial charge in [-0.1, -0.05) is 64.2 Å². The molecule has 1 N–H and O–H groups in total. The first-order valence-electron chi connectivity index (χ1n) is 7.09. The van der Waals surface area contributed by atoms with Gasteiger partial charge < -0.3 is 5.11 Å². The normalized spacial score (nSPS) is 10.7. The third-order valence-corrected chi connectivity index (χ3v) is 3.38. The van der Waals surface area contributed by atoms with Crippen LogP contribution in [0, 0.1) is 0 Å². The van der Waals surface area contributed by atoms with E-state index in [1.165, 1.54) is 38.5 Å². The molecule has 0 fully saturated rings. The fraction of sp³-hybridized carbons (Fsp3) is 0.625. The van der Waals surface area contributed by atoms with Gasteiger partial charge in [-0.3, -0.25) is 0 Å². The largest absolute Gasteiger partial charge is 0.507 e. The number of aryl methyl sites for hydroxylation is 2. The van der Waals surface area contributed by atoms with Crippen LogP contribution in [0.1, 0.15) is 63.5 Å². The Kier molecular flexibility index (Phi) is 6.76. The van der Waals surface area contributed by atoms with Crippen LogP contribution < -0.4 is 0 Å². The highest BCUT2D eigenvalue weighted by Gasteiger charge is 2.04. The molecule has 1 aromatic rings. The Labute approximate surface area is 106 Å². The number of phenols is 1. The Morgan fingerprint density at radius 1 is 0.882 bits per heavy atom. The first-order valence-corrected chi connectivity index (χ1v) is 7.09. The van der Waals surface area contributed by atoms with Gasteiger partial charge in [0.15, 0.2) is 0 Å². The molecule has 17 heavy (non-hydrogen) atoms. The second-order valence-electron chi connectivity index (χ2n) is 4.80. The van der Waals surface area contributed by atoms with Crippen LogP contribution in [0.15, 0.2) is 18.2 Å². The number of phenolic OH excluding ortho intramolecular Hbond substituents is 1. The van der Waals surface area contributed by atoms with Gasteiger partial charge in [0.1, 0.15) is 5.75 Å². The van der Waals surface area contributed by atoms with Crippen molar-refractivity contribution >= 4 is 0 Å². The van der Waals surface area contributed by atoms with E-state index >= 15 is 0 Å². The van der Waals surface area contributed by atoms with Crippen LogP contribution in [0.3, 0.4) is 0 Å². The first-order chi connectivity index (χ1) is 8.29. The second kappa shape index (κ2) is 8.16. The smallest absolute Gasteiger partial charge is 0.121 e. The molecule has 0 spiro atoms. The zero-order valence-corrected chi connectivity index (χ0v) is 11.3. The summed E-state index contributed by atoms with van der Waals surface area (Å²) in [6.45, 7) is 4.33. The summed E-state index contributed by atoms with van der Waals surface area (Å²) in [5.41, 5.74) is 2.20. The highest BCUT2D eigenvalue weighted by molar-refractivity contribution is 5.40. The lowest BCUT2D eigenvalue weighted by atomic mass is 10.0. The summed E-state index contributed by atoms with van der Waals surface area (Å²) in [7, 11) is 0. The molecular formula is C16H26O. The summed E-state index contributed by atoms with van der Waals surface area (Å²) in [5, 5.41) is 10.0. The Morgan fingerprint density at radius 2 is 1.53 bits per heavy atom. The Bertz CT molecular complexity index is 317. The fourth-order valence-electron chi connectivity index (χ4n) is 2.23. The Hall–Kier alpha value is -0.980. The van der Waals surface area contributed by atoms with Crippen molar-refractivity contribution in [2.24, 2.45) is 0 Å². The standard InChI is InChI=1S/C16H26O/c1-3-5-6-7-8-9-11-15-13-10-12-14(4-2)16(15)17/h10,12-13,17H,3-9,11H2,1-2H3. The van der Waals surface area contributed by atoms with E-state index in [9.17, 15) is 5.11 Å². The van der Waals surface area contributed by atoms with E-state index in [1.807, 2.05) is 6.07 Å². The van der Waals surface area contributed by atoms with E-state index in [4.69, 9.17) is 0 Å². The highest BCUT2D eigenvalue weighted by atomic mass is 16.3. The number of hydrogen-bond acceptors (Lipinski definition) is 1. The molecule has 0 radical (unpaired) electrons. The van der Waals surface area contributed by atoms with Crippen molar-refractivity contribution in [1.29, 1.82) is 0 Å². The molecule has 0 amide bonds. The van der Waals surface area contributed by atoms with Crippen LogP contribution in [0.5, 0.6) is 5.75 Å². The number of benzene rings is 1. The van der Waals surface area contributed by atoms with E-state index in [-0.39, 0.29) is 0 Å². The molecule has 0 aliphatic heterocycles. The highest BCUT2D eigenvalue weighted by Crippen LogP contribution is 2.24. The monoisotopic (exact) mass is 234 g/mol. The van der Waals surface area contributed by atoms with Crippen LogP contribution >= 0.6 is 0 Å². The number of aromatic hydroxyl groups is 1. The molecule has 0 heterocycles. The number of rotatable bonds is 8. The predicted octanol–water partition coefficient (Wildman–Crippen LogP) is 4.86. The van der Waals surface area contributed by atoms with Gasteiger partial charge in [-0.05, 0) is 30.4 Å². The SMILES string of the molecule is CCCCCCCCc1cccc(CC)c1O. The van der Waals surface area contributed by atoms with Gasteiger partial charge in [-0.15, -0.1) is 0 Å². The lowest BCUT2D eigenvalue weighted by molar-refractivity contribution is 0.459. The lowest BCUT2D eigenvalue weighted by Gasteiger charge is -2.08. The van der Waals surface area contributed by atoms with Gasteiger partial charge in [0.2, 0.25) is 0 Å². The van der Waals surface area contributed by atoms with Gasteiger partial charge in [0, 0.05) is 0 Å². The van der Waals surface area contributed by atoms with Crippen molar-refractivity contribution in [2.75, 3.05) is 0 Å². The molecule has 1 rings (SSSR count). The van der Waals surface area contributed by atoms with Crippen molar-refractivity contribution in [3.63, 3.8) is 0 Å². The third-order valence-electron chi connectivity index (χ3n) is 3.38. The number of hydrogen-bond donors (Lipinski definition) is 1. The minimum Gasteiger partial charge on any atom is -0.507 e. The molecule has 96 valence electrons. The van der Waals surface area contributed by atoms with E-state index in [1.54, 1.807) is 0 Å². The van der Waals surface area contributed by atoms with Gasteiger partial charge in [0.05, 0.1) is 0 Å². The maximum Gasteiger partial charge on any atom is 0.121 e. The van der Waals surface area contributed by atoms with Crippen molar-refractivity contribution in [1.82, 2.24) is 0 Å². The lowest BCUT2D eigenvalue weighted by Crippen LogP contribution is -1.91. The van der Waals surface area contributed by atoms with Gasteiger partial charge in [-0.2, -0.15) is 0 Å². The molecular weight excluding hydrogens is 208 g/mol. The summed E-state index contributed by atoms with van der Waals surface area (Å²) in [6.07, 6.45) is 9.78. The van der Waals surface area contributed by atoms with E-state index in [0.717, 1.165) is 24.0 Å². The Balaban J connectivity index is 2.31. The number of unbranched alkanes of at least 4 members (excludes halogenated alkanes) is 5. The van der Waals surface area contributed by atoms with Gasteiger partial charge >= 0.3 is 0 Å². The molecule has 1 aromatic carbocycles. The van der Waals surface area contributed by atoms with Crippen molar-refractivity contribution in [3.05, 3.63) is 29.3 Å². The molecule has 0 saturated carbocycles. The average Bonchev–Trinajstić information content (AvgIpc) is 2.35. The summed E-state index contributed by atoms with van der Waals surface area (Å²) < 4.78 is 0. The molecule has 0 unspecified atom stereocenters. The van der Waals surface area contributed by atoms with Crippen LogP contribution in [0.2, 0.25) is 0 Å². The maximum absolute atomic E-state index is 10.0. The number of para-hydroxylation sites is 1. The Morgan fingerprint density at radius 3 is 2.24 bits per heavy atom. The molecule has 1 nitrogen and oxygen atoms in total. The summed E-state index contributed by atoms with van der Waals surface area (Å²) in [5.74, 6) is 0.531. The molecule has 0 bridgehead atoms. The van der Waals surface area contributed by atoms with E-state index < -0.39 is 0 Å². The van der Waals surface area contributed by atoms with Gasteiger partial charge in [0.25, 0.3) is 0 Å². The summed E-state index contributed by atoms with van der Waals surface area (Å²) in [4.78, 5) is 0. The van der Waals surface area contributed by atoms with Crippen LogP contribution in [0.25, 0.3) is 0 Å². The quantitative estimate of drug-likeness (QED) is 0.637. The van der Waals surface area contributed by atoms with Crippen LogP contribution in [-0.2, 0) is 12.8 Å². The van der Waals surface area contributed by atoms with E-state index in [2.05, 4.69) is 26.0 Å². The van der Waals surface area contributed by atoms with Crippen molar-refractivity contribution in [2.45, 2.75) is 65.2 Å². The molecule has 0 saturated heterocycles. The van der Waals surface area contributed by atoms with Crippen molar-refractivity contribution < 1.29 is 5.11 Å². The predicted molar refractivity (Wildman–Crippen MR) is 74.6 cm³/mol. The van der Waals surface area contributed by atoms with Crippen molar-refractivity contribution in [3.8, 4) is 5.75 Å². The van der Waals surface area contributed by atoms with Crippen LogP contribution in [-0.4, -0.2) is 5.11 Å². The summed E-state index contributed by atoms with van der Waals surface area (Å²) >= 11 is 0. The minimum atomic E-state index is 0.531. The first kappa shape index (κ1) is 14.1. The minimum absolute atomic E-state index is 0.531.